The van der Waals surface area contributed by atoms with Crippen LogP contribution in [0, 0.1) is 13.8 Å². The zero-order valence-corrected chi connectivity index (χ0v) is 16.3. The van der Waals surface area contributed by atoms with Gasteiger partial charge in [0.05, 0.1) is 18.2 Å². The van der Waals surface area contributed by atoms with E-state index in [1.54, 1.807) is 36.4 Å². The van der Waals surface area contributed by atoms with Gasteiger partial charge < -0.3 is 0 Å². The number of nitrogens with zero attached hydrogens (tertiary/aromatic N) is 2. The highest BCUT2D eigenvalue weighted by atomic mass is 35.5. The molecule has 0 aromatic heterocycles. The lowest BCUT2D eigenvalue weighted by atomic mass is 10.1. The van der Waals surface area contributed by atoms with Crippen LogP contribution in [0.4, 0.5) is 5.69 Å². The van der Waals surface area contributed by atoms with Crippen LogP contribution in [0.5, 0.6) is 0 Å². The molecule has 2 aromatic rings. The van der Waals surface area contributed by atoms with Crippen LogP contribution in [-0.2, 0) is 14.8 Å². The second-order valence-corrected chi connectivity index (χ2v) is 8.31. The van der Waals surface area contributed by atoms with Crippen molar-refractivity contribution in [3.05, 3.63) is 64.2 Å². The van der Waals surface area contributed by atoms with Crippen LogP contribution in [-0.4, -0.2) is 33.3 Å². The summed E-state index contributed by atoms with van der Waals surface area (Å²) in [5, 5.41) is 4.40. The number of halogens is 1. The van der Waals surface area contributed by atoms with Crippen LogP contribution < -0.4 is 9.73 Å². The number of hydrogen-bond acceptors (Lipinski definition) is 4. The molecule has 0 bridgehead atoms. The average molecular weight is 394 g/mol. The second-order valence-electron chi connectivity index (χ2n) is 5.96. The molecular weight excluding hydrogens is 374 g/mol. The van der Waals surface area contributed by atoms with Crippen molar-refractivity contribution in [3.63, 3.8) is 0 Å². The molecule has 1 N–H and O–H groups in total. The van der Waals surface area contributed by atoms with E-state index in [2.05, 4.69) is 10.5 Å². The number of sulfonamides is 1. The summed E-state index contributed by atoms with van der Waals surface area (Å²) in [5.74, 6) is -0.548. The largest absolute Gasteiger partial charge is 0.271 e. The topological polar surface area (TPSA) is 78.8 Å². The summed E-state index contributed by atoms with van der Waals surface area (Å²) in [5.41, 5.74) is 5.31. The van der Waals surface area contributed by atoms with Crippen molar-refractivity contribution < 1.29 is 13.2 Å². The van der Waals surface area contributed by atoms with Crippen LogP contribution in [0.2, 0.25) is 5.02 Å². The lowest BCUT2D eigenvalue weighted by molar-refractivity contribution is -0.119. The summed E-state index contributed by atoms with van der Waals surface area (Å²) in [6.45, 7) is 3.37. The highest BCUT2D eigenvalue weighted by Gasteiger charge is 2.21. The number of carbonyl (C=O) groups is 1. The Bertz CT molecular complexity index is 922. The van der Waals surface area contributed by atoms with E-state index >= 15 is 0 Å². The number of hydrogen-bond donors (Lipinski definition) is 1. The van der Waals surface area contributed by atoms with E-state index in [1.165, 1.54) is 6.21 Å². The molecule has 0 fully saturated rings. The number of carbonyl (C=O) groups excluding carboxylic acids is 1. The van der Waals surface area contributed by atoms with E-state index in [1.807, 2.05) is 19.9 Å². The zero-order valence-electron chi connectivity index (χ0n) is 14.7. The Hall–Kier alpha value is -2.38. The molecule has 26 heavy (non-hydrogen) atoms. The third kappa shape index (κ3) is 5.86. The minimum atomic E-state index is -3.63. The fourth-order valence-corrected chi connectivity index (χ4v) is 3.46. The number of anilines is 1. The van der Waals surface area contributed by atoms with Gasteiger partial charge in [-0.25, -0.2) is 13.8 Å². The summed E-state index contributed by atoms with van der Waals surface area (Å²) >= 11 is 5.88. The van der Waals surface area contributed by atoms with Crippen molar-refractivity contribution in [3.8, 4) is 0 Å². The number of hydrazone groups is 1. The first kappa shape index (κ1) is 19.9. The Morgan fingerprint density at radius 1 is 1.19 bits per heavy atom. The lowest BCUT2D eigenvalue weighted by Gasteiger charge is -2.22. The van der Waals surface area contributed by atoms with Crippen molar-refractivity contribution >= 4 is 39.4 Å². The highest BCUT2D eigenvalue weighted by Crippen LogP contribution is 2.21. The van der Waals surface area contributed by atoms with Gasteiger partial charge in [-0.1, -0.05) is 29.8 Å². The van der Waals surface area contributed by atoms with Gasteiger partial charge in [0.25, 0.3) is 5.91 Å². The third-order valence-electron chi connectivity index (χ3n) is 3.43. The van der Waals surface area contributed by atoms with Gasteiger partial charge in [0.1, 0.15) is 6.54 Å². The first-order valence-corrected chi connectivity index (χ1v) is 10.0. The second kappa shape index (κ2) is 8.33. The van der Waals surface area contributed by atoms with Gasteiger partial charge in [0.2, 0.25) is 10.0 Å². The molecule has 138 valence electrons. The average Bonchev–Trinajstić information content (AvgIpc) is 2.50. The van der Waals surface area contributed by atoms with Gasteiger partial charge in [0, 0.05) is 5.02 Å². The minimum Gasteiger partial charge on any atom is -0.271 e. The summed E-state index contributed by atoms with van der Waals surface area (Å²) in [6.07, 6.45) is 2.50. The molecule has 0 unspecified atom stereocenters. The van der Waals surface area contributed by atoms with Crippen LogP contribution >= 0.6 is 11.6 Å². The first-order chi connectivity index (χ1) is 12.1. The van der Waals surface area contributed by atoms with Crippen molar-refractivity contribution in [1.82, 2.24) is 5.43 Å². The molecule has 8 heteroatoms. The molecule has 0 spiro atoms. The van der Waals surface area contributed by atoms with Gasteiger partial charge in [-0.05, 0) is 54.8 Å². The van der Waals surface area contributed by atoms with Crippen LogP contribution in [0.3, 0.4) is 0 Å². The van der Waals surface area contributed by atoms with Crippen molar-refractivity contribution in [2.24, 2.45) is 5.10 Å². The van der Waals surface area contributed by atoms with E-state index in [0.717, 1.165) is 21.7 Å². The molecule has 0 radical (unpaired) electrons. The van der Waals surface area contributed by atoms with Gasteiger partial charge in [-0.15, -0.1) is 0 Å². The predicted molar refractivity (Wildman–Crippen MR) is 105 cm³/mol. The standard InChI is InChI=1S/C18H20ClN3O3S/c1-13-7-14(2)9-17(8-13)22(26(3,24)25)12-18(23)21-20-11-15-5-4-6-16(19)10-15/h4-11H,12H2,1-3H3,(H,21,23)/b20-11-. The first-order valence-electron chi connectivity index (χ1n) is 7.78. The quantitative estimate of drug-likeness (QED) is 0.605. The number of aryl methyl sites for hydroxylation is 2. The molecule has 2 aromatic carbocycles. The van der Waals surface area contributed by atoms with Crippen molar-refractivity contribution in [2.45, 2.75) is 13.8 Å². The number of amides is 1. The molecule has 2 rings (SSSR count). The molecule has 6 nitrogen and oxygen atoms in total. The molecule has 0 saturated heterocycles. The van der Waals surface area contributed by atoms with E-state index < -0.39 is 15.9 Å². The number of rotatable bonds is 6. The molecule has 0 aliphatic carbocycles. The molecule has 0 aliphatic heterocycles. The Labute approximate surface area is 158 Å². The van der Waals surface area contributed by atoms with Crippen molar-refractivity contribution in [1.29, 1.82) is 0 Å². The summed E-state index contributed by atoms with van der Waals surface area (Å²) < 4.78 is 25.3. The Balaban J connectivity index is 2.12. The summed E-state index contributed by atoms with van der Waals surface area (Å²) in [4.78, 5) is 12.1. The number of benzene rings is 2. The Morgan fingerprint density at radius 3 is 2.42 bits per heavy atom. The maximum absolute atomic E-state index is 12.1. The van der Waals surface area contributed by atoms with Gasteiger partial charge in [-0.3, -0.25) is 9.10 Å². The molecule has 1 amide bonds. The normalized spacial score (nSPS) is 11.5. The van der Waals surface area contributed by atoms with Crippen LogP contribution in [0.15, 0.2) is 47.6 Å². The van der Waals surface area contributed by atoms with E-state index in [0.29, 0.717) is 16.3 Å². The Kier molecular flexibility index (Phi) is 6.39. The number of nitrogens with one attached hydrogen (secondary N) is 1. The zero-order chi connectivity index (χ0) is 19.3. The molecule has 0 heterocycles. The third-order valence-corrected chi connectivity index (χ3v) is 4.81. The molecule has 0 atom stereocenters. The maximum atomic E-state index is 12.1. The van der Waals surface area contributed by atoms with Gasteiger partial charge in [0.15, 0.2) is 0 Å². The monoisotopic (exact) mass is 393 g/mol. The lowest BCUT2D eigenvalue weighted by Crippen LogP contribution is -2.39. The molecular formula is C18H20ClN3O3S. The Morgan fingerprint density at radius 2 is 1.85 bits per heavy atom. The molecule has 0 saturated carbocycles. The minimum absolute atomic E-state index is 0.366. The van der Waals surface area contributed by atoms with Crippen LogP contribution in [0.1, 0.15) is 16.7 Å². The van der Waals surface area contributed by atoms with Crippen molar-refractivity contribution in [2.75, 3.05) is 17.1 Å². The van der Waals surface area contributed by atoms with Crippen LogP contribution in [0.25, 0.3) is 0 Å². The predicted octanol–water partition coefficient (Wildman–Crippen LogP) is 2.87. The fourth-order valence-electron chi connectivity index (χ4n) is 2.43. The SMILES string of the molecule is Cc1cc(C)cc(N(CC(=O)N/N=C\c2cccc(Cl)c2)S(C)(=O)=O)c1. The van der Waals surface area contributed by atoms with Gasteiger partial charge >= 0.3 is 0 Å². The van der Waals surface area contributed by atoms with Gasteiger partial charge in [-0.2, -0.15) is 5.10 Å². The summed E-state index contributed by atoms with van der Waals surface area (Å²) in [6, 6.07) is 12.3. The van der Waals surface area contributed by atoms with E-state index in [-0.39, 0.29) is 6.54 Å². The maximum Gasteiger partial charge on any atom is 0.260 e. The smallest absolute Gasteiger partial charge is 0.260 e. The fraction of sp³-hybridized carbons (Fsp3) is 0.222. The van der Waals surface area contributed by atoms with E-state index in [4.69, 9.17) is 11.6 Å². The molecule has 0 aliphatic rings. The highest BCUT2D eigenvalue weighted by molar-refractivity contribution is 7.92. The van der Waals surface area contributed by atoms with E-state index in [9.17, 15) is 13.2 Å². The summed E-state index contributed by atoms with van der Waals surface area (Å²) in [7, 11) is -3.63.